The molecule has 2 heteroatoms. The maximum absolute atomic E-state index is 10.4. The number of carbonyl (C=O) groups excluding carboxylic acids is 1. The summed E-state index contributed by atoms with van der Waals surface area (Å²) < 4.78 is 0. The summed E-state index contributed by atoms with van der Waals surface area (Å²) in [6, 6.07) is 4.91. The molecule has 0 unspecified atom stereocenters. The van der Waals surface area contributed by atoms with E-state index in [0.29, 0.717) is 11.8 Å². The van der Waals surface area contributed by atoms with Crippen LogP contribution in [-0.4, -0.2) is 11.4 Å². The summed E-state index contributed by atoms with van der Waals surface area (Å²) in [5, 5.41) is 9.15. The van der Waals surface area contributed by atoms with Gasteiger partial charge < -0.3 is 5.11 Å². The lowest BCUT2D eigenvalue weighted by molar-refractivity contribution is 0.112. The standard InChI is InChI=1S/C10H10O2/c1-2-3-8-4-5-10(12)9(6-8)7-11/h2-7,12H,1H3. The van der Waals surface area contributed by atoms with Crippen LogP contribution < -0.4 is 0 Å². The van der Waals surface area contributed by atoms with Gasteiger partial charge in [0.15, 0.2) is 6.29 Å². The Morgan fingerprint density at radius 1 is 1.42 bits per heavy atom. The van der Waals surface area contributed by atoms with Gasteiger partial charge in [0.2, 0.25) is 0 Å². The van der Waals surface area contributed by atoms with E-state index in [1.54, 1.807) is 12.1 Å². The Morgan fingerprint density at radius 2 is 2.17 bits per heavy atom. The van der Waals surface area contributed by atoms with Crippen molar-refractivity contribution in [2.75, 3.05) is 0 Å². The fourth-order valence-electron chi connectivity index (χ4n) is 0.964. The predicted octanol–water partition coefficient (Wildman–Crippen LogP) is 2.24. The van der Waals surface area contributed by atoms with E-state index < -0.39 is 0 Å². The Balaban J connectivity index is 3.13. The third kappa shape index (κ3) is 1.72. The first-order chi connectivity index (χ1) is 5.77. The highest BCUT2D eigenvalue weighted by Crippen LogP contribution is 2.16. The van der Waals surface area contributed by atoms with Crippen molar-refractivity contribution in [1.29, 1.82) is 0 Å². The molecule has 0 aliphatic carbocycles. The van der Waals surface area contributed by atoms with Crippen LogP contribution in [0.3, 0.4) is 0 Å². The Kier molecular flexibility index (Phi) is 2.64. The lowest BCUT2D eigenvalue weighted by Gasteiger charge is -1.97. The van der Waals surface area contributed by atoms with Gasteiger partial charge in [-0.25, -0.2) is 0 Å². The van der Waals surface area contributed by atoms with Crippen LogP contribution in [0.5, 0.6) is 5.75 Å². The first-order valence-electron chi connectivity index (χ1n) is 3.69. The zero-order chi connectivity index (χ0) is 8.97. The van der Waals surface area contributed by atoms with E-state index in [2.05, 4.69) is 0 Å². The SMILES string of the molecule is CC=Cc1ccc(O)c(C=O)c1. The van der Waals surface area contributed by atoms with Crippen LogP contribution >= 0.6 is 0 Å². The van der Waals surface area contributed by atoms with Gasteiger partial charge in [-0.1, -0.05) is 18.2 Å². The molecule has 0 bridgehead atoms. The summed E-state index contributed by atoms with van der Waals surface area (Å²) in [4.78, 5) is 10.4. The van der Waals surface area contributed by atoms with Crippen LogP contribution in [-0.2, 0) is 0 Å². The third-order valence-corrected chi connectivity index (χ3v) is 1.54. The fraction of sp³-hybridized carbons (Fsp3) is 0.100. The Hall–Kier alpha value is -1.57. The smallest absolute Gasteiger partial charge is 0.153 e. The molecule has 1 aromatic carbocycles. The molecule has 1 rings (SSSR count). The second kappa shape index (κ2) is 3.72. The molecule has 1 aromatic rings. The van der Waals surface area contributed by atoms with Crippen molar-refractivity contribution in [1.82, 2.24) is 0 Å². The number of rotatable bonds is 2. The maximum atomic E-state index is 10.4. The van der Waals surface area contributed by atoms with Crippen molar-refractivity contribution < 1.29 is 9.90 Å². The van der Waals surface area contributed by atoms with Crippen LogP contribution in [0, 0.1) is 0 Å². The monoisotopic (exact) mass is 162 g/mol. The molecule has 0 spiro atoms. The van der Waals surface area contributed by atoms with Crippen molar-refractivity contribution in [3.8, 4) is 5.75 Å². The molecule has 12 heavy (non-hydrogen) atoms. The minimum absolute atomic E-state index is 0.0262. The zero-order valence-electron chi connectivity index (χ0n) is 6.82. The molecule has 0 amide bonds. The molecule has 1 N–H and O–H groups in total. The second-order valence-corrected chi connectivity index (χ2v) is 2.44. The fourth-order valence-corrected chi connectivity index (χ4v) is 0.964. The van der Waals surface area contributed by atoms with E-state index in [1.807, 2.05) is 19.1 Å². The molecule has 0 aliphatic rings. The van der Waals surface area contributed by atoms with Gasteiger partial charge in [0.25, 0.3) is 0 Å². The van der Waals surface area contributed by atoms with Crippen molar-refractivity contribution in [2.24, 2.45) is 0 Å². The average Bonchev–Trinajstić information content (AvgIpc) is 2.09. The topological polar surface area (TPSA) is 37.3 Å². The molecule has 2 nitrogen and oxygen atoms in total. The van der Waals surface area contributed by atoms with Gasteiger partial charge in [0, 0.05) is 0 Å². The molecule has 62 valence electrons. The molecule has 0 saturated heterocycles. The third-order valence-electron chi connectivity index (χ3n) is 1.54. The van der Waals surface area contributed by atoms with Crippen LogP contribution in [0.15, 0.2) is 24.3 Å². The molecule has 0 aliphatic heterocycles. The number of benzene rings is 1. The first-order valence-corrected chi connectivity index (χ1v) is 3.69. The Labute approximate surface area is 71.2 Å². The average molecular weight is 162 g/mol. The van der Waals surface area contributed by atoms with Crippen LogP contribution in [0.25, 0.3) is 6.08 Å². The summed E-state index contributed by atoms with van der Waals surface area (Å²) >= 11 is 0. The summed E-state index contributed by atoms with van der Waals surface area (Å²) in [7, 11) is 0. The molecule has 0 radical (unpaired) electrons. The number of phenols is 1. The first kappa shape index (κ1) is 8.53. The van der Waals surface area contributed by atoms with Crippen LogP contribution in [0.1, 0.15) is 22.8 Å². The predicted molar refractivity (Wildman–Crippen MR) is 48.2 cm³/mol. The van der Waals surface area contributed by atoms with Gasteiger partial charge in [-0.05, 0) is 24.6 Å². The summed E-state index contributed by atoms with van der Waals surface area (Å²) in [6.45, 7) is 1.90. The lowest BCUT2D eigenvalue weighted by Crippen LogP contribution is -1.82. The quantitative estimate of drug-likeness (QED) is 0.677. The highest BCUT2D eigenvalue weighted by Gasteiger charge is 1.98. The number of carbonyl (C=O) groups is 1. The van der Waals surface area contributed by atoms with Gasteiger partial charge in [0.1, 0.15) is 5.75 Å². The molecular formula is C10H10O2. The summed E-state index contributed by atoms with van der Waals surface area (Å²) in [5.74, 6) is 0.0262. The van der Waals surface area contributed by atoms with Crippen molar-refractivity contribution >= 4 is 12.4 Å². The Bertz CT molecular complexity index is 314. The molecule has 0 heterocycles. The molecule has 0 saturated carbocycles. The van der Waals surface area contributed by atoms with E-state index in [4.69, 9.17) is 5.11 Å². The highest BCUT2D eigenvalue weighted by molar-refractivity contribution is 5.80. The van der Waals surface area contributed by atoms with E-state index in [9.17, 15) is 4.79 Å². The van der Waals surface area contributed by atoms with Crippen LogP contribution in [0.2, 0.25) is 0 Å². The van der Waals surface area contributed by atoms with Crippen molar-refractivity contribution in [3.05, 3.63) is 35.4 Å². The molecule has 0 fully saturated rings. The molecule has 0 aromatic heterocycles. The lowest BCUT2D eigenvalue weighted by atomic mass is 10.1. The Morgan fingerprint density at radius 3 is 2.75 bits per heavy atom. The maximum Gasteiger partial charge on any atom is 0.153 e. The summed E-state index contributed by atoms with van der Waals surface area (Å²) in [5.41, 5.74) is 1.24. The normalized spacial score (nSPS) is 10.4. The van der Waals surface area contributed by atoms with Crippen molar-refractivity contribution in [2.45, 2.75) is 6.92 Å². The number of aldehydes is 1. The molecular weight excluding hydrogens is 152 g/mol. The minimum Gasteiger partial charge on any atom is -0.507 e. The van der Waals surface area contributed by atoms with E-state index in [0.717, 1.165) is 5.56 Å². The van der Waals surface area contributed by atoms with Crippen LogP contribution in [0.4, 0.5) is 0 Å². The van der Waals surface area contributed by atoms with Gasteiger partial charge in [-0.15, -0.1) is 0 Å². The highest BCUT2D eigenvalue weighted by atomic mass is 16.3. The van der Waals surface area contributed by atoms with Gasteiger partial charge in [0.05, 0.1) is 5.56 Å². The van der Waals surface area contributed by atoms with Gasteiger partial charge >= 0.3 is 0 Å². The zero-order valence-corrected chi connectivity index (χ0v) is 6.82. The largest absolute Gasteiger partial charge is 0.507 e. The summed E-state index contributed by atoms with van der Waals surface area (Å²) in [6.07, 6.45) is 4.38. The number of phenolic OH excluding ortho intramolecular Hbond substituents is 1. The second-order valence-electron chi connectivity index (χ2n) is 2.44. The number of allylic oxidation sites excluding steroid dienone is 1. The van der Waals surface area contributed by atoms with Gasteiger partial charge in [-0.3, -0.25) is 4.79 Å². The van der Waals surface area contributed by atoms with Gasteiger partial charge in [-0.2, -0.15) is 0 Å². The minimum atomic E-state index is 0.0262. The van der Waals surface area contributed by atoms with Crippen molar-refractivity contribution in [3.63, 3.8) is 0 Å². The van der Waals surface area contributed by atoms with E-state index in [-0.39, 0.29) is 5.75 Å². The number of hydrogen-bond donors (Lipinski definition) is 1. The number of aromatic hydroxyl groups is 1. The van der Waals surface area contributed by atoms with E-state index >= 15 is 0 Å². The van der Waals surface area contributed by atoms with E-state index in [1.165, 1.54) is 6.07 Å². The number of hydrogen-bond acceptors (Lipinski definition) is 2. The molecule has 0 atom stereocenters.